The number of aryl methyl sites for hydroxylation is 1. The summed E-state index contributed by atoms with van der Waals surface area (Å²) in [7, 11) is 0. The van der Waals surface area contributed by atoms with Gasteiger partial charge in [-0.25, -0.2) is 4.98 Å². The van der Waals surface area contributed by atoms with Crippen LogP contribution in [0.25, 0.3) is 10.9 Å². The van der Waals surface area contributed by atoms with Crippen molar-refractivity contribution < 1.29 is 4.79 Å². The number of aromatic amines is 1. The molecule has 7 heteroatoms. The number of H-pyrrole nitrogens is 1. The maximum Gasteiger partial charge on any atom is 0.255 e. The molecule has 0 aliphatic carbocycles. The van der Waals surface area contributed by atoms with Gasteiger partial charge in [0.25, 0.3) is 5.91 Å². The van der Waals surface area contributed by atoms with Gasteiger partial charge < -0.3 is 4.90 Å². The summed E-state index contributed by atoms with van der Waals surface area (Å²) in [4.78, 5) is 28.0. The molecule has 3 aromatic rings. The quantitative estimate of drug-likeness (QED) is 0.783. The number of hydrogen-bond donors (Lipinski definition) is 1. The molecule has 122 valence electrons. The molecule has 1 atom stereocenters. The third kappa shape index (κ3) is 2.51. The first-order valence-electron chi connectivity index (χ1n) is 8.12. The molecule has 3 aromatic heterocycles. The summed E-state index contributed by atoms with van der Waals surface area (Å²) in [6.07, 6.45) is 8.00. The molecular weight excluding hydrogens is 304 g/mol. The Morgan fingerprint density at radius 3 is 3.04 bits per heavy atom. The molecule has 24 heavy (non-hydrogen) atoms. The van der Waals surface area contributed by atoms with E-state index in [9.17, 15) is 4.79 Å². The fourth-order valence-electron chi connectivity index (χ4n) is 3.28. The lowest BCUT2D eigenvalue weighted by Crippen LogP contribution is -2.39. The van der Waals surface area contributed by atoms with E-state index in [1.165, 1.54) is 0 Å². The van der Waals surface area contributed by atoms with Crippen LogP contribution >= 0.6 is 0 Å². The Balaban J connectivity index is 1.73. The molecule has 4 heterocycles. The third-order valence-corrected chi connectivity index (χ3v) is 4.45. The van der Waals surface area contributed by atoms with E-state index in [2.05, 4.69) is 25.1 Å². The summed E-state index contributed by atoms with van der Waals surface area (Å²) in [5.41, 5.74) is 1.41. The van der Waals surface area contributed by atoms with Crippen LogP contribution in [0.1, 0.15) is 47.3 Å². The van der Waals surface area contributed by atoms with Gasteiger partial charge in [-0.3, -0.25) is 19.9 Å². The smallest absolute Gasteiger partial charge is 0.255 e. The van der Waals surface area contributed by atoms with E-state index in [-0.39, 0.29) is 11.9 Å². The summed E-state index contributed by atoms with van der Waals surface area (Å²) < 4.78 is 0. The molecule has 1 unspecified atom stereocenters. The van der Waals surface area contributed by atoms with Gasteiger partial charge in [0.05, 0.1) is 17.1 Å². The molecule has 1 aliphatic rings. The minimum absolute atomic E-state index is 0.0115. The van der Waals surface area contributed by atoms with E-state index in [0.29, 0.717) is 17.9 Å². The van der Waals surface area contributed by atoms with Crippen LogP contribution in [0.15, 0.2) is 30.7 Å². The van der Waals surface area contributed by atoms with Gasteiger partial charge in [-0.2, -0.15) is 5.10 Å². The van der Waals surface area contributed by atoms with Gasteiger partial charge in [-0.1, -0.05) is 0 Å². The van der Waals surface area contributed by atoms with Crippen LogP contribution in [0.5, 0.6) is 0 Å². The molecule has 7 nitrogen and oxygen atoms in total. The third-order valence-electron chi connectivity index (χ3n) is 4.45. The largest absolute Gasteiger partial charge is 0.328 e. The first-order chi connectivity index (χ1) is 11.7. The number of nitrogens with zero attached hydrogens (tertiary/aromatic N) is 5. The molecule has 0 saturated carbocycles. The van der Waals surface area contributed by atoms with E-state index in [1.54, 1.807) is 24.7 Å². The number of fused-ring (bicyclic) bond motifs is 1. The van der Waals surface area contributed by atoms with Gasteiger partial charge in [0.15, 0.2) is 5.82 Å². The van der Waals surface area contributed by atoms with E-state index < -0.39 is 0 Å². The second-order valence-corrected chi connectivity index (χ2v) is 6.04. The van der Waals surface area contributed by atoms with Crippen molar-refractivity contribution >= 4 is 16.8 Å². The van der Waals surface area contributed by atoms with Crippen molar-refractivity contribution in [3.63, 3.8) is 0 Å². The number of likely N-dealkylation sites (tertiary alicyclic amines) is 1. The minimum atomic E-state index is -0.0870. The number of carbonyl (C=O) groups excluding carboxylic acids is 1. The number of rotatable bonds is 2. The van der Waals surface area contributed by atoms with Gasteiger partial charge in [-0.05, 0) is 38.3 Å². The zero-order valence-electron chi connectivity index (χ0n) is 13.4. The van der Waals surface area contributed by atoms with E-state index in [0.717, 1.165) is 36.0 Å². The molecule has 1 N–H and O–H groups in total. The van der Waals surface area contributed by atoms with Gasteiger partial charge in [0.1, 0.15) is 5.82 Å². The van der Waals surface area contributed by atoms with Gasteiger partial charge >= 0.3 is 0 Å². The minimum Gasteiger partial charge on any atom is -0.328 e. The van der Waals surface area contributed by atoms with Crippen LogP contribution in [0.2, 0.25) is 0 Å². The number of aromatic nitrogens is 5. The molecule has 0 radical (unpaired) electrons. The normalized spacial score (nSPS) is 18.0. The summed E-state index contributed by atoms with van der Waals surface area (Å²) in [6, 6.07) is 3.50. The SMILES string of the molecule is Cc1nc(C2CCCCN2C(=O)c2ccnc3ccncc23)n[nH]1. The standard InChI is InChI=1S/C17H18N6O/c1-11-20-16(22-21-11)15-4-2-3-9-23(15)17(24)12-5-8-19-14-6-7-18-10-13(12)14/h5-8,10,15H,2-4,9H2,1H3,(H,20,21,22). The number of carbonyl (C=O) groups is 1. The second kappa shape index (κ2) is 5.99. The van der Waals surface area contributed by atoms with Gasteiger partial charge in [0.2, 0.25) is 0 Å². The lowest BCUT2D eigenvalue weighted by Gasteiger charge is -2.34. The molecule has 1 aliphatic heterocycles. The van der Waals surface area contributed by atoms with Crippen molar-refractivity contribution in [2.24, 2.45) is 0 Å². The molecule has 0 bridgehead atoms. The summed E-state index contributed by atoms with van der Waals surface area (Å²) in [6.45, 7) is 2.58. The van der Waals surface area contributed by atoms with Crippen LogP contribution < -0.4 is 0 Å². The molecule has 1 saturated heterocycles. The van der Waals surface area contributed by atoms with Crippen molar-refractivity contribution in [1.29, 1.82) is 0 Å². The predicted octanol–water partition coefficient (Wildman–Crippen LogP) is 2.42. The van der Waals surface area contributed by atoms with Crippen molar-refractivity contribution in [3.8, 4) is 0 Å². The van der Waals surface area contributed by atoms with Crippen LogP contribution in [0, 0.1) is 6.92 Å². The average Bonchev–Trinajstić information content (AvgIpc) is 3.07. The van der Waals surface area contributed by atoms with Crippen LogP contribution in [-0.2, 0) is 0 Å². The lowest BCUT2D eigenvalue weighted by atomic mass is 9.99. The Morgan fingerprint density at radius 2 is 2.21 bits per heavy atom. The Morgan fingerprint density at radius 1 is 1.29 bits per heavy atom. The average molecular weight is 322 g/mol. The number of nitrogens with one attached hydrogen (secondary N) is 1. The van der Waals surface area contributed by atoms with Crippen molar-refractivity contribution in [2.45, 2.75) is 32.2 Å². The van der Waals surface area contributed by atoms with Gasteiger partial charge in [-0.15, -0.1) is 0 Å². The van der Waals surface area contributed by atoms with E-state index in [1.807, 2.05) is 17.9 Å². The molecule has 0 aromatic carbocycles. The van der Waals surface area contributed by atoms with Crippen LogP contribution in [0.3, 0.4) is 0 Å². The predicted molar refractivity (Wildman–Crippen MR) is 88.3 cm³/mol. The zero-order chi connectivity index (χ0) is 16.5. The zero-order valence-corrected chi connectivity index (χ0v) is 13.4. The fourth-order valence-corrected chi connectivity index (χ4v) is 3.28. The van der Waals surface area contributed by atoms with Crippen molar-refractivity contribution in [1.82, 2.24) is 30.0 Å². The first-order valence-corrected chi connectivity index (χ1v) is 8.12. The Bertz CT molecular complexity index is 884. The first kappa shape index (κ1) is 14.7. The number of hydrogen-bond acceptors (Lipinski definition) is 5. The number of amides is 1. The molecule has 1 fully saturated rings. The highest BCUT2D eigenvalue weighted by Gasteiger charge is 2.32. The second-order valence-electron chi connectivity index (χ2n) is 6.04. The van der Waals surface area contributed by atoms with Crippen LogP contribution in [-0.4, -0.2) is 42.5 Å². The maximum absolute atomic E-state index is 13.2. The summed E-state index contributed by atoms with van der Waals surface area (Å²) in [5.74, 6) is 1.45. The van der Waals surface area contributed by atoms with E-state index in [4.69, 9.17) is 0 Å². The van der Waals surface area contributed by atoms with Crippen LogP contribution in [0.4, 0.5) is 0 Å². The molecular formula is C17H18N6O. The lowest BCUT2D eigenvalue weighted by molar-refractivity contribution is 0.0602. The molecule has 0 spiro atoms. The summed E-state index contributed by atoms with van der Waals surface area (Å²) in [5, 5.41) is 7.93. The Hall–Kier alpha value is -2.83. The van der Waals surface area contributed by atoms with Gasteiger partial charge in [0, 0.05) is 30.5 Å². The highest BCUT2D eigenvalue weighted by atomic mass is 16.2. The highest BCUT2D eigenvalue weighted by Crippen LogP contribution is 2.31. The fraction of sp³-hybridized carbons (Fsp3) is 0.353. The Labute approximate surface area is 139 Å². The van der Waals surface area contributed by atoms with E-state index >= 15 is 0 Å². The number of pyridine rings is 2. The highest BCUT2D eigenvalue weighted by molar-refractivity contribution is 6.05. The summed E-state index contributed by atoms with van der Waals surface area (Å²) >= 11 is 0. The van der Waals surface area contributed by atoms with Crippen molar-refractivity contribution in [2.75, 3.05) is 6.54 Å². The monoisotopic (exact) mass is 322 g/mol. The Kier molecular flexibility index (Phi) is 3.68. The van der Waals surface area contributed by atoms with Crippen molar-refractivity contribution in [3.05, 3.63) is 47.9 Å². The number of piperidine rings is 1. The molecule has 4 rings (SSSR count). The topological polar surface area (TPSA) is 87.7 Å². The maximum atomic E-state index is 13.2. The molecule has 1 amide bonds.